The Hall–Kier alpha value is -2.44. The average molecular weight is 432 g/mol. The normalized spacial score (nSPS) is 10.5. The largest absolute Gasteiger partial charge is 1.00 e. The molecule has 0 saturated heterocycles. The topological polar surface area (TPSA) is 54.0 Å². The molecule has 0 aromatic heterocycles. The number of ether oxygens (including phenoxy) is 4. The third-order valence-corrected chi connectivity index (χ3v) is 5.94. The van der Waals surface area contributed by atoms with Gasteiger partial charge in [0, 0.05) is 12.1 Å². The van der Waals surface area contributed by atoms with Gasteiger partial charge in [0.25, 0.3) is 0 Å². The van der Waals surface area contributed by atoms with Gasteiger partial charge in [0.1, 0.15) is 35.2 Å². The number of aryl methyl sites for hydroxylation is 1. The quantitative estimate of drug-likeness (QED) is 0.382. The van der Waals surface area contributed by atoms with Crippen molar-refractivity contribution in [2.24, 2.45) is 0 Å². The van der Waals surface area contributed by atoms with E-state index in [4.69, 9.17) is 18.9 Å². The summed E-state index contributed by atoms with van der Waals surface area (Å²) in [5, 5.41) is 0.951. The van der Waals surface area contributed by atoms with Crippen LogP contribution in [-0.2, 0) is 6.61 Å². The maximum absolute atomic E-state index is 13.1. The molecule has 0 bridgehead atoms. The molecule has 0 aliphatic carbocycles. The van der Waals surface area contributed by atoms with E-state index in [1.807, 2.05) is 55.5 Å². The summed E-state index contributed by atoms with van der Waals surface area (Å²) in [6, 6.07) is 19.2. The molecule has 0 heterocycles. The van der Waals surface area contributed by atoms with Crippen molar-refractivity contribution >= 4 is 19.4 Å². The van der Waals surface area contributed by atoms with Gasteiger partial charge in [-0.3, -0.25) is 4.79 Å². The van der Waals surface area contributed by atoms with Crippen LogP contribution in [0.2, 0.25) is 0 Å². The van der Waals surface area contributed by atoms with Gasteiger partial charge in [-0.25, -0.2) is 0 Å². The van der Waals surface area contributed by atoms with Crippen LogP contribution in [0.25, 0.3) is 0 Å². The molecule has 0 amide bonds. The molecule has 0 fully saturated rings. The summed E-state index contributed by atoms with van der Waals surface area (Å²) >= 11 is 0. The fourth-order valence-corrected chi connectivity index (χ4v) is 4.07. The molecule has 5 nitrogen and oxygen atoms in total. The minimum absolute atomic E-state index is 0. The number of hydrogen-bond donors (Lipinski definition) is 0. The average Bonchev–Trinajstić information content (AvgIpc) is 2.78. The van der Waals surface area contributed by atoms with E-state index in [0.717, 1.165) is 22.2 Å². The summed E-state index contributed by atoms with van der Waals surface area (Å²) in [5.41, 5.74) is 2.46. The van der Waals surface area contributed by atoms with Crippen molar-refractivity contribution in [3.63, 3.8) is 0 Å². The van der Waals surface area contributed by atoms with Gasteiger partial charge < -0.3 is 20.4 Å². The third-order valence-electron chi connectivity index (χ3n) is 4.64. The molecule has 0 radical (unpaired) electrons. The van der Waals surface area contributed by atoms with Crippen molar-refractivity contribution in [1.82, 2.24) is 0 Å². The predicted octanol–water partition coefficient (Wildman–Crippen LogP) is 1.86. The first-order valence-corrected chi connectivity index (χ1v) is 10.4. The Kier molecular flexibility index (Phi) is 9.46. The molecule has 1 unspecified atom stereocenters. The Labute approximate surface area is 198 Å². The number of benzene rings is 3. The molecule has 3 aromatic rings. The summed E-state index contributed by atoms with van der Waals surface area (Å²) in [4.78, 5) is 13.1. The van der Waals surface area contributed by atoms with Crippen LogP contribution in [0.3, 0.4) is 0 Å². The van der Waals surface area contributed by atoms with Gasteiger partial charge in [0.2, 0.25) is 0 Å². The molecule has 0 saturated carbocycles. The van der Waals surface area contributed by atoms with E-state index < -0.39 is 0 Å². The van der Waals surface area contributed by atoms with E-state index in [-0.39, 0.29) is 34.4 Å². The first-order chi connectivity index (χ1) is 14.5. The zero-order chi connectivity index (χ0) is 21.5. The first-order valence-electron chi connectivity index (χ1n) is 9.44. The Bertz CT molecular complexity index is 1010. The molecule has 7 heteroatoms. The van der Waals surface area contributed by atoms with Gasteiger partial charge in [-0.15, -0.1) is 0 Å². The number of rotatable bonds is 9. The SMILES string of the molecule is COc1cc(OC)c(C(=O)Pc2ccc(OCc3ccccc3)cc2C)c(OC)c1.[H-].[Li+]. The van der Waals surface area contributed by atoms with Crippen LogP contribution in [0.1, 0.15) is 22.9 Å². The number of hydrogen-bond acceptors (Lipinski definition) is 5. The maximum Gasteiger partial charge on any atom is 1.00 e. The van der Waals surface area contributed by atoms with Crippen LogP contribution < -0.4 is 43.1 Å². The molecule has 31 heavy (non-hydrogen) atoms. The third kappa shape index (κ3) is 6.28. The predicted molar refractivity (Wildman–Crippen MR) is 121 cm³/mol. The van der Waals surface area contributed by atoms with E-state index in [9.17, 15) is 4.79 Å². The molecular formula is C24H26LiO5P. The molecule has 3 aromatic carbocycles. The van der Waals surface area contributed by atoms with Gasteiger partial charge in [0.05, 0.1) is 21.3 Å². The van der Waals surface area contributed by atoms with Crippen molar-refractivity contribution in [1.29, 1.82) is 0 Å². The number of methoxy groups -OCH3 is 3. The van der Waals surface area contributed by atoms with Gasteiger partial charge in [-0.1, -0.05) is 36.4 Å². The van der Waals surface area contributed by atoms with E-state index in [0.29, 0.717) is 29.4 Å². The molecule has 0 spiro atoms. The standard InChI is InChI=1S/C24H25O5P.Li.H/c1-16-12-18(29-15-17-8-6-5-7-9-17)10-11-22(16)30-24(25)23-20(27-3)13-19(26-2)14-21(23)28-4;;/h5-14,30H,15H2,1-4H3;;/q;+1;-1. The minimum atomic E-state index is -0.0732. The van der Waals surface area contributed by atoms with Gasteiger partial charge >= 0.3 is 18.9 Å². The fraction of sp³-hybridized carbons (Fsp3) is 0.208. The van der Waals surface area contributed by atoms with Crippen LogP contribution >= 0.6 is 8.58 Å². The fourth-order valence-electron chi connectivity index (χ4n) is 3.02. The van der Waals surface area contributed by atoms with Crippen molar-refractivity contribution in [3.05, 3.63) is 77.4 Å². The summed E-state index contributed by atoms with van der Waals surface area (Å²) in [6.07, 6.45) is 0. The van der Waals surface area contributed by atoms with Crippen molar-refractivity contribution in [3.8, 4) is 23.0 Å². The van der Waals surface area contributed by atoms with E-state index in [1.54, 1.807) is 19.2 Å². The van der Waals surface area contributed by atoms with Crippen LogP contribution in [0.5, 0.6) is 23.0 Å². The molecule has 0 aliphatic heterocycles. The Morgan fingerprint density at radius 1 is 0.871 bits per heavy atom. The van der Waals surface area contributed by atoms with E-state index in [2.05, 4.69) is 0 Å². The van der Waals surface area contributed by atoms with Crippen LogP contribution in [0.4, 0.5) is 0 Å². The van der Waals surface area contributed by atoms with Crippen molar-refractivity contribution < 1.29 is 44.0 Å². The smallest absolute Gasteiger partial charge is 1.00 e. The summed E-state index contributed by atoms with van der Waals surface area (Å²) in [7, 11) is 4.54. The van der Waals surface area contributed by atoms with Crippen LogP contribution in [0.15, 0.2) is 60.7 Å². The second-order valence-corrected chi connectivity index (χ2v) is 7.85. The van der Waals surface area contributed by atoms with Crippen molar-refractivity contribution in [2.75, 3.05) is 21.3 Å². The van der Waals surface area contributed by atoms with Gasteiger partial charge in [-0.05, 0) is 44.1 Å². The number of carbonyl (C=O) groups excluding carboxylic acids is 1. The summed E-state index contributed by atoms with van der Waals surface area (Å²) in [5.74, 6) is 2.21. The van der Waals surface area contributed by atoms with Gasteiger partial charge in [-0.2, -0.15) is 0 Å². The zero-order valence-corrected chi connectivity index (χ0v) is 19.5. The molecule has 158 valence electrons. The monoisotopic (exact) mass is 432 g/mol. The zero-order valence-electron chi connectivity index (χ0n) is 19.5. The maximum atomic E-state index is 13.1. The summed E-state index contributed by atoms with van der Waals surface area (Å²) < 4.78 is 22.0. The molecule has 0 aliphatic rings. The minimum Gasteiger partial charge on any atom is -1.00 e. The van der Waals surface area contributed by atoms with Crippen LogP contribution in [0, 0.1) is 6.92 Å². The second kappa shape index (κ2) is 11.8. The Morgan fingerprint density at radius 2 is 1.52 bits per heavy atom. The van der Waals surface area contributed by atoms with E-state index >= 15 is 0 Å². The molecular weight excluding hydrogens is 406 g/mol. The summed E-state index contributed by atoms with van der Waals surface area (Å²) in [6.45, 7) is 2.48. The second-order valence-electron chi connectivity index (χ2n) is 6.61. The molecule has 0 N–H and O–H groups in total. The van der Waals surface area contributed by atoms with Crippen molar-refractivity contribution in [2.45, 2.75) is 13.5 Å². The molecule has 3 rings (SSSR count). The first kappa shape index (κ1) is 24.8. The molecule has 1 atom stereocenters. The van der Waals surface area contributed by atoms with E-state index in [1.165, 1.54) is 14.2 Å². The Balaban J connectivity index is 0.00000256. The Morgan fingerprint density at radius 3 is 2.06 bits per heavy atom. The number of carbonyl (C=O) groups is 1. The van der Waals surface area contributed by atoms with Gasteiger partial charge in [0.15, 0.2) is 5.52 Å². The van der Waals surface area contributed by atoms with Crippen LogP contribution in [-0.4, -0.2) is 26.9 Å².